The van der Waals surface area contributed by atoms with Gasteiger partial charge in [0.05, 0.1) is 6.54 Å². The van der Waals surface area contributed by atoms with E-state index in [9.17, 15) is 9.59 Å². The number of nitrogens with zero attached hydrogens (tertiary/aromatic N) is 2. The molecule has 0 radical (unpaired) electrons. The second-order valence-corrected chi connectivity index (χ2v) is 6.94. The van der Waals surface area contributed by atoms with Crippen LogP contribution >= 0.6 is 0 Å². The molecule has 0 saturated carbocycles. The molecule has 3 rings (SSSR count). The van der Waals surface area contributed by atoms with Gasteiger partial charge in [-0.05, 0) is 42.5 Å². The Morgan fingerprint density at radius 1 is 1.20 bits per heavy atom. The highest BCUT2D eigenvalue weighted by Gasteiger charge is 2.30. The van der Waals surface area contributed by atoms with Crippen LogP contribution in [0.3, 0.4) is 0 Å². The number of pyridine rings is 1. The Balaban J connectivity index is 1.64. The zero-order valence-corrected chi connectivity index (χ0v) is 14.8. The van der Waals surface area contributed by atoms with Crippen LogP contribution in [0.5, 0.6) is 0 Å². The van der Waals surface area contributed by atoms with Gasteiger partial charge in [0.25, 0.3) is 5.56 Å². The highest BCUT2D eigenvalue weighted by atomic mass is 16.2. The van der Waals surface area contributed by atoms with Crippen LogP contribution in [-0.4, -0.2) is 28.1 Å². The number of rotatable bonds is 4. The van der Waals surface area contributed by atoms with E-state index in [4.69, 9.17) is 0 Å². The van der Waals surface area contributed by atoms with Crippen LogP contribution in [0.2, 0.25) is 0 Å². The maximum absolute atomic E-state index is 12.5. The van der Waals surface area contributed by atoms with E-state index >= 15 is 0 Å². The number of hydrogen-bond donors (Lipinski definition) is 1. The molecule has 1 saturated heterocycles. The Hall–Kier alpha value is -2.56. The predicted octanol–water partition coefficient (Wildman–Crippen LogP) is 3.55. The van der Waals surface area contributed by atoms with Gasteiger partial charge in [-0.25, -0.2) is 4.79 Å². The largest absolute Gasteiger partial charge is 0.322 e. The first kappa shape index (κ1) is 17.3. The molecule has 5 nitrogen and oxygen atoms in total. The second kappa shape index (κ2) is 7.55. The highest BCUT2D eigenvalue weighted by molar-refractivity contribution is 5.89. The van der Waals surface area contributed by atoms with Crippen molar-refractivity contribution in [3.63, 3.8) is 0 Å². The molecule has 1 fully saturated rings. The molecule has 1 N–H and O–H groups in total. The van der Waals surface area contributed by atoms with Crippen LogP contribution in [0, 0.1) is 5.92 Å². The molecular weight excluding hydrogens is 314 g/mol. The zero-order valence-electron chi connectivity index (χ0n) is 14.8. The maximum atomic E-state index is 12.5. The molecule has 132 valence electrons. The van der Waals surface area contributed by atoms with Gasteiger partial charge >= 0.3 is 6.03 Å². The molecule has 1 aliphatic heterocycles. The summed E-state index contributed by atoms with van der Waals surface area (Å²) in [6.07, 6.45) is 3.92. The van der Waals surface area contributed by atoms with Crippen molar-refractivity contribution in [2.75, 3.05) is 11.9 Å². The van der Waals surface area contributed by atoms with Gasteiger partial charge in [0.15, 0.2) is 0 Å². The number of benzene rings is 1. The summed E-state index contributed by atoms with van der Waals surface area (Å²) in [7, 11) is 0. The van der Waals surface area contributed by atoms with E-state index in [1.807, 2.05) is 35.2 Å². The molecule has 2 aromatic rings. The number of aromatic nitrogens is 1. The standard InChI is InChI=1S/C20H25N3O2/c1-15(2)18-6-5-13-23(18)20(25)21-17-10-8-16(9-11-17)14-22-12-4-3-7-19(22)24/h3-4,7-12,15,18H,5-6,13-14H2,1-2H3,(H,21,25)/t18-/m0/s1. The van der Waals surface area contributed by atoms with Crippen LogP contribution in [0.1, 0.15) is 32.3 Å². The van der Waals surface area contributed by atoms with Crippen molar-refractivity contribution >= 4 is 11.7 Å². The molecule has 2 amide bonds. The van der Waals surface area contributed by atoms with Gasteiger partial charge in [-0.3, -0.25) is 4.79 Å². The lowest BCUT2D eigenvalue weighted by Crippen LogP contribution is -2.41. The summed E-state index contributed by atoms with van der Waals surface area (Å²) >= 11 is 0. The van der Waals surface area contributed by atoms with Crippen LogP contribution in [0.4, 0.5) is 10.5 Å². The maximum Gasteiger partial charge on any atom is 0.322 e. The summed E-state index contributed by atoms with van der Waals surface area (Å²) in [5, 5.41) is 2.99. The van der Waals surface area contributed by atoms with Gasteiger partial charge in [0.2, 0.25) is 0 Å². The molecule has 25 heavy (non-hydrogen) atoms. The number of carbonyl (C=O) groups is 1. The Morgan fingerprint density at radius 2 is 1.96 bits per heavy atom. The fourth-order valence-electron chi connectivity index (χ4n) is 3.41. The van der Waals surface area contributed by atoms with Crippen LogP contribution in [0.15, 0.2) is 53.5 Å². The summed E-state index contributed by atoms with van der Waals surface area (Å²) in [4.78, 5) is 26.2. The quantitative estimate of drug-likeness (QED) is 0.926. The Morgan fingerprint density at radius 3 is 2.64 bits per heavy atom. The van der Waals surface area contributed by atoms with E-state index in [2.05, 4.69) is 19.2 Å². The minimum atomic E-state index is -0.0248. The van der Waals surface area contributed by atoms with Crippen molar-refractivity contribution in [3.8, 4) is 0 Å². The van der Waals surface area contributed by atoms with E-state index < -0.39 is 0 Å². The van der Waals surface area contributed by atoms with Crippen molar-refractivity contribution < 1.29 is 4.79 Å². The normalized spacial score (nSPS) is 17.1. The lowest BCUT2D eigenvalue weighted by molar-refractivity contribution is 0.192. The SMILES string of the molecule is CC(C)[C@@H]1CCCN1C(=O)Nc1ccc(Cn2ccccc2=O)cc1. The lowest BCUT2D eigenvalue weighted by Gasteiger charge is -2.27. The number of urea groups is 1. The van der Waals surface area contributed by atoms with Crippen molar-refractivity contribution in [1.82, 2.24) is 9.47 Å². The second-order valence-electron chi connectivity index (χ2n) is 6.94. The minimum Gasteiger partial charge on any atom is -0.321 e. The third-order valence-corrected chi connectivity index (χ3v) is 4.79. The van der Waals surface area contributed by atoms with Crippen molar-refractivity contribution in [2.45, 2.75) is 39.3 Å². The highest BCUT2D eigenvalue weighted by Crippen LogP contribution is 2.24. The predicted molar refractivity (Wildman–Crippen MR) is 99.8 cm³/mol. The summed E-state index contributed by atoms with van der Waals surface area (Å²) < 4.78 is 1.66. The van der Waals surface area contributed by atoms with Gasteiger partial charge in [0.1, 0.15) is 0 Å². The van der Waals surface area contributed by atoms with Crippen molar-refractivity contribution in [2.24, 2.45) is 5.92 Å². The van der Waals surface area contributed by atoms with E-state index in [-0.39, 0.29) is 11.6 Å². The molecule has 0 aliphatic carbocycles. The summed E-state index contributed by atoms with van der Waals surface area (Å²) in [6, 6.07) is 13.1. The first-order chi connectivity index (χ1) is 12.0. The molecule has 0 unspecified atom stereocenters. The first-order valence-electron chi connectivity index (χ1n) is 8.86. The van der Waals surface area contributed by atoms with Gasteiger partial charge in [0, 0.05) is 30.5 Å². The van der Waals surface area contributed by atoms with Gasteiger partial charge in [-0.15, -0.1) is 0 Å². The summed E-state index contributed by atoms with van der Waals surface area (Å²) in [5.74, 6) is 0.472. The Kier molecular flexibility index (Phi) is 5.22. The smallest absolute Gasteiger partial charge is 0.321 e. The molecule has 1 atom stereocenters. The fraction of sp³-hybridized carbons (Fsp3) is 0.400. The summed E-state index contributed by atoms with van der Waals surface area (Å²) in [6.45, 7) is 5.67. The third kappa shape index (κ3) is 4.10. The third-order valence-electron chi connectivity index (χ3n) is 4.79. The van der Waals surface area contributed by atoms with Gasteiger partial charge < -0.3 is 14.8 Å². The van der Waals surface area contributed by atoms with Crippen LogP contribution in [0.25, 0.3) is 0 Å². The fourth-order valence-corrected chi connectivity index (χ4v) is 3.41. The minimum absolute atomic E-state index is 0.0198. The molecule has 1 aromatic carbocycles. The van der Waals surface area contributed by atoms with E-state index in [0.717, 1.165) is 30.6 Å². The van der Waals surface area contributed by atoms with Gasteiger partial charge in [-0.1, -0.05) is 32.0 Å². The number of amides is 2. The zero-order chi connectivity index (χ0) is 17.8. The van der Waals surface area contributed by atoms with E-state index in [0.29, 0.717) is 18.5 Å². The molecule has 0 spiro atoms. The number of hydrogen-bond acceptors (Lipinski definition) is 2. The van der Waals surface area contributed by atoms with Crippen molar-refractivity contribution in [3.05, 3.63) is 64.6 Å². The van der Waals surface area contributed by atoms with Gasteiger partial charge in [-0.2, -0.15) is 0 Å². The molecule has 1 aliphatic rings. The molecule has 2 heterocycles. The number of anilines is 1. The molecule has 5 heteroatoms. The topological polar surface area (TPSA) is 54.3 Å². The monoisotopic (exact) mass is 339 g/mol. The molecule has 0 bridgehead atoms. The van der Waals surface area contributed by atoms with Crippen LogP contribution in [-0.2, 0) is 6.54 Å². The van der Waals surface area contributed by atoms with Crippen molar-refractivity contribution in [1.29, 1.82) is 0 Å². The number of likely N-dealkylation sites (tertiary alicyclic amines) is 1. The lowest BCUT2D eigenvalue weighted by atomic mass is 10.0. The Bertz CT molecular complexity index is 780. The van der Waals surface area contributed by atoms with E-state index in [1.165, 1.54) is 0 Å². The average Bonchev–Trinajstić information content (AvgIpc) is 3.09. The Labute approximate surface area is 148 Å². The van der Waals surface area contributed by atoms with E-state index in [1.54, 1.807) is 22.9 Å². The number of nitrogens with one attached hydrogen (secondary N) is 1. The molecule has 1 aromatic heterocycles. The average molecular weight is 339 g/mol. The number of carbonyl (C=O) groups excluding carboxylic acids is 1. The van der Waals surface area contributed by atoms with Crippen LogP contribution < -0.4 is 10.9 Å². The first-order valence-corrected chi connectivity index (χ1v) is 8.86. The molecular formula is C20H25N3O2. The summed E-state index contributed by atoms with van der Waals surface area (Å²) in [5.41, 5.74) is 1.78.